The lowest BCUT2D eigenvalue weighted by Gasteiger charge is -2.40. The van der Waals surface area contributed by atoms with Crippen molar-refractivity contribution < 1.29 is 4.74 Å². The van der Waals surface area contributed by atoms with Gasteiger partial charge in [0.15, 0.2) is 0 Å². The zero-order valence-corrected chi connectivity index (χ0v) is 15.4. The SMILES string of the molecule is CCCN(CCC)[C@@H]1CCc2c(Br)ccc(OC)c2[C@@H]1C. The third-order valence-corrected chi connectivity index (χ3v) is 5.44. The van der Waals surface area contributed by atoms with Crippen LogP contribution in [0.2, 0.25) is 0 Å². The maximum Gasteiger partial charge on any atom is 0.122 e. The van der Waals surface area contributed by atoms with E-state index in [0.29, 0.717) is 12.0 Å². The van der Waals surface area contributed by atoms with Gasteiger partial charge in [-0.05, 0) is 56.5 Å². The van der Waals surface area contributed by atoms with Gasteiger partial charge in [-0.2, -0.15) is 0 Å². The predicted octanol–water partition coefficient (Wildman–Crippen LogP) is 5.00. The number of fused-ring (bicyclic) bond motifs is 1. The van der Waals surface area contributed by atoms with Crippen molar-refractivity contribution in [2.75, 3.05) is 20.2 Å². The van der Waals surface area contributed by atoms with Crippen molar-refractivity contribution in [2.24, 2.45) is 0 Å². The first-order valence-corrected chi connectivity index (χ1v) is 9.02. The van der Waals surface area contributed by atoms with E-state index in [4.69, 9.17) is 4.74 Å². The summed E-state index contributed by atoms with van der Waals surface area (Å²) in [6, 6.07) is 4.87. The highest BCUT2D eigenvalue weighted by Crippen LogP contribution is 2.42. The molecule has 0 unspecified atom stereocenters. The molecule has 1 aromatic carbocycles. The third-order valence-electron chi connectivity index (χ3n) is 4.69. The van der Waals surface area contributed by atoms with E-state index < -0.39 is 0 Å². The molecule has 0 amide bonds. The lowest BCUT2D eigenvalue weighted by molar-refractivity contribution is 0.157. The number of methoxy groups -OCH3 is 1. The molecule has 1 aliphatic carbocycles. The van der Waals surface area contributed by atoms with Crippen molar-refractivity contribution in [3.05, 3.63) is 27.7 Å². The van der Waals surface area contributed by atoms with Crippen molar-refractivity contribution in [1.82, 2.24) is 4.90 Å². The maximum atomic E-state index is 5.65. The van der Waals surface area contributed by atoms with Gasteiger partial charge in [0, 0.05) is 22.0 Å². The summed E-state index contributed by atoms with van der Waals surface area (Å²) in [7, 11) is 1.79. The molecular weight excluding hydrogens is 326 g/mol. The Labute approximate surface area is 138 Å². The first-order valence-electron chi connectivity index (χ1n) is 8.23. The van der Waals surface area contributed by atoms with E-state index in [1.54, 1.807) is 7.11 Å². The zero-order chi connectivity index (χ0) is 15.4. The number of rotatable bonds is 6. The fraction of sp³-hybridized carbons (Fsp3) is 0.667. The van der Waals surface area contributed by atoms with E-state index in [2.05, 4.69) is 53.7 Å². The van der Waals surface area contributed by atoms with Crippen LogP contribution >= 0.6 is 15.9 Å². The smallest absolute Gasteiger partial charge is 0.122 e. The highest BCUT2D eigenvalue weighted by molar-refractivity contribution is 9.10. The largest absolute Gasteiger partial charge is 0.496 e. The molecule has 21 heavy (non-hydrogen) atoms. The molecule has 0 spiro atoms. The zero-order valence-electron chi connectivity index (χ0n) is 13.8. The van der Waals surface area contributed by atoms with Crippen LogP contribution in [0.1, 0.15) is 57.1 Å². The van der Waals surface area contributed by atoms with Crippen LogP contribution in [-0.4, -0.2) is 31.1 Å². The molecule has 0 saturated carbocycles. The molecule has 0 aliphatic heterocycles. The Kier molecular flexibility index (Phi) is 6.12. The number of benzene rings is 1. The fourth-order valence-corrected chi connectivity index (χ4v) is 4.34. The molecule has 2 atom stereocenters. The van der Waals surface area contributed by atoms with Crippen molar-refractivity contribution in [3.8, 4) is 5.75 Å². The molecule has 118 valence electrons. The molecule has 0 N–H and O–H groups in total. The third kappa shape index (κ3) is 3.45. The van der Waals surface area contributed by atoms with Crippen molar-refractivity contribution in [1.29, 1.82) is 0 Å². The quantitative estimate of drug-likeness (QED) is 0.713. The Morgan fingerprint density at radius 2 is 1.90 bits per heavy atom. The lowest BCUT2D eigenvalue weighted by atomic mass is 9.79. The molecule has 0 bridgehead atoms. The summed E-state index contributed by atoms with van der Waals surface area (Å²) in [5, 5.41) is 0. The molecular formula is C18H28BrNO. The molecule has 1 aromatic rings. The standard InChI is InChI=1S/C18H28BrNO/c1-5-11-20(12-6-2)16-9-7-14-15(19)8-10-17(21-4)18(14)13(16)3/h8,10,13,16H,5-7,9,11-12H2,1-4H3/t13-,16-/m1/s1. The first kappa shape index (κ1) is 16.8. The average Bonchev–Trinajstić information content (AvgIpc) is 2.48. The van der Waals surface area contributed by atoms with Gasteiger partial charge in [0.1, 0.15) is 5.75 Å². The van der Waals surface area contributed by atoms with Gasteiger partial charge < -0.3 is 4.74 Å². The maximum absolute atomic E-state index is 5.65. The van der Waals surface area contributed by atoms with E-state index in [1.807, 2.05) is 0 Å². The number of hydrogen-bond donors (Lipinski definition) is 0. The Morgan fingerprint density at radius 3 is 2.48 bits per heavy atom. The first-order chi connectivity index (χ1) is 10.1. The van der Waals surface area contributed by atoms with E-state index >= 15 is 0 Å². The Hall–Kier alpha value is -0.540. The molecule has 0 fully saturated rings. The lowest BCUT2D eigenvalue weighted by Crippen LogP contribution is -2.42. The second kappa shape index (κ2) is 7.64. The summed E-state index contributed by atoms with van der Waals surface area (Å²) < 4.78 is 6.88. The Balaban J connectivity index is 2.34. The summed E-state index contributed by atoms with van der Waals surface area (Å²) in [5.41, 5.74) is 2.87. The number of ether oxygens (including phenoxy) is 1. The Morgan fingerprint density at radius 1 is 1.24 bits per heavy atom. The molecule has 0 radical (unpaired) electrons. The summed E-state index contributed by atoms with van der Waals surface area (Å²) in [5.74, 6) is 1.58. The van der Waals surface area contributed by atoms with Gasteiger partial charge in [0.05, 0.1) is 7.11 Å². The summed E-state index contributed by atoms with van der Waals surface area (Å²) in [4.78, 5) is 2.69. The van der Waals surface area contributed by atoms with E-state index in [-0.39, 0.29) is 0 Å². The van der Waals surface area contributed by atoms with E-state index in [0.717, 1.165) is 12.2 Å². The predicted molar refractivity (Wildman–Crippen MR) is 93.4 cm³/mol. The van der Waals surface area contributed by atoms with Crippen LogP contribution in [0.25, 0.3) is 0 Å². The topological polar surface area (TPSA) is 12.5 Å². The van der Waals surface area contributed by atoms with Crippen molar-refractivity contribution >= 4 is 15.9 Å². The molecule has 0 heterocycles. The molecule has 2 rings (SSSR count). The summed E-state index contributed by atoms with van der Waals surface area (Å²) in [6.07, 6.45) is 4.85. The van der Waals surface area contributed by atoms with Crippen LogP contribution in [-0.2, 0) is 6.42 Å². The van der Waals surface area contributed by atoms with Gasteiger partial charge in [-0.3, -0.25) is 4.90 Å². The van der Waals surface area contributed by atoms with Gasteiger partial charge in [-0.1, -0.05) is 36.7 Å². The average molecular weight is 354 g/mol. The minimum Gasteiger partial charge on any atom is -0.496 e. The van der Waals surface area contributed by atoms with E-state index in [1.165, 1.54) is 48.0 Å². The summed E-state index contributed by atoms with van der Waals surface area (Å²) >= 11 is 3.72. The minimum atomic E-state index is 0.527. The fourth-order valence-electron chi connectivity index (χ4n) is 3.80. The van der Waals surface area contributed by atoms with Crippen LogP contribution in [0.3, 0.4) is 0 Å². The number of hydrogen-bond acceptors (Lipinski definition) is 2. The van der Waals surface area contributed by atoms with Gasteiger partial charge in [0.25, 0.3) is 0 Å². The number of halogens is 1. The second-order valence-corrected chi connectivity index (χ2v) is 6.93. The van der Waals surface area contributed by atoms with Crippen LogP contribution < -0.4 is 4.74 Å². The molecule has 0 saturated heterocycles. The van der Waals surface area contributed by atoms with Crippen LogP contribution in [0.4, 0.5) is 0 Å². The highest BCUT2D eigenvalue weighted by atomic mass is 79.9. The monoisotopic (exact) mass is 353 g/mol. The normalized spacial score (nSPS) is 21.4. The Bertz CT molecular complexity index is 469. The molecule has 1 aliphatic rings. The molecule has 3 heteroatoms. The van der Waals surface area contributed by atoms with Gasteiger partial charge in [0.2, 0.25) is 0 Å². The molecule has 2 nitrogen and oxygen atoms in total. The molecule has 0 aromatic heterocycles. The van der Waals surface area contributed by atoms with Crippen LogP contribution in [0.15, 0.2) is 16.6 Å². The second-order valence-electron chi connectivity index (χ2n) is 6.07. The van der Waals surface area contributed by atoms with Crippen molar-refractivity contribution in [2.45, 2.75) is 58.4 Å². The highest BCUT2D eigenvalue weighted by Gasteiger charge is 2.33. The van der Waals surface area contributed by atoms with E-state index in [9.17, 15) is 0 Å². The summed E-state index contributed by atoms with van der Waals surface area (Å²) in [6.45, 7) is 9.33. The van der Waals surface area contributed by atoms with Gasteiger partial charge >= 0.3 is 0 Å². The number of nitrogens with zero attached hydrogens (tertiary/aromatic N) is 1. The van der Waals surface area contributed by atoms with Crippen LogP contribution in [0, 0.1) is 0 Å². The van der Waals surface area contributed by atoms with Gasteiger partial charge in [-0.15, -0.1) is 0 Å². The minimum absolute atomic E-state index is 0.527. The van der Waals surface area contributed by atoms with Crippen molar-refractivity contribution in [3.63, 3.8) is 0 Å². The van der Waals surface area contributed by atoms with Gasteiger partial charge in [-0.25, -0.2) is 0 Å². The van der Waals surface area contributed by atoms with Crippen LogP contribution in [0.5, 0.6) is 5.75 Å².